The number of hydrogen-bond donors (Lipinski definition) is 3. The molecule has 2 amide bonds. The minimum atomic E-state index is -0.121. The Morgan fingerprint density at radius 2 is 1.70 bits per heavy atom. The molecule has 3 aliphatic carbocycles. The van der Waals surface area contributed by atoms with Gasteiger partial charge in [0.1, 0.15) is 5.69 Å². The second-order valence-electron chi connectivity index (χ2n) is 8.82. The molecule has 0 radical (unpaired) electrons. The van der Waals surface area contributed by atoms with Gasteiger partial charge < -0.3 is 10.6 Å². The van der Waals surface area contributed by atoms with Crippen LogP contribution in [0.2, 0.25) is 0 Å². The van der Waals surface area contributed by atoms with E-state index in [2.05, 4.69) is 27.8 Å². The molecule has 0 aliphatic heterocycles. The number of aromatic nitrogens is 2. The molecular weight excluding hydrogens is 340 g/mol. The van der Waals surface area contributed by atoms with Crippen molar-refractivity contribution >= 4 is 11.8 Å². The van der Waals surface area contributed by atoms with E-state index in [4.69, 9.17) is 0 Å². The highest BCUT2D eigenvalue weighted by molar-refractivity contribution is 5.92. The number of rotatable bonds is 6. The van der Waals surface area contributed by atoms with Gasteiger partial charge >= 0.3 is 0 Å². The topological polar surface area (TPSA) is 86.9 Å². The lowest BCUT2D eigenvalue weighted by molar-refractivity contribution is -0.132. The minimum absolute atomic E-state index is 0.0819. The molecule has 0 aromatic carbocycles. The lowest BCUT2D eigenvalue weighted by Crippen LogP contribution is -2.48. The fourth-order valence-corrected chi connectivity index (χ4v) is 4.83. The summed E-state index contributed by atoms with van der Waals surface area (Å²) in [6.45, 7) is 2.14. The Bertz CT molecular complexity index is 680. The summed E-state index contributed by atoms with van der Waals surface area (Å²) in [5, 5.41) is 13.6. The van der Waals surface area contributed by atoms with Gasteiger partial charge in [0.15, 0.2) is 0 Å². The lowest BCUT2D eigenvalue weighted by Gasteiger charge is -2.33. The number of carbonyl (C=O) groups is 2. The first-order valence-corrected chi connectivity index (χ1v) is 10.8. The van der Waals surface area contributed by atoms with Gasteiger partial charge in [-0.2, -0.15) is 5.10 Å². The third-order valence-electron chi connectivity index (χ3n) is 6.96. The highest BCUT2D eigenvalue weighted by atomic mass is 16.2. The van der Waals surface area contributed by atoms with Gasteiger partial charge in [-0.05, 0) is 63.9 Å². The fraction of sp³-hybridized carbons (Fsp3) is 0.762. The monoisotopic (exact) mass is 372 g/mol. The molecule has 0 spiro atoms. The molecule has 1 aromatic heterocycles. The lowest BCUT2D eigenvalue weighted by atomic mass is 9.81. The van der Waals surface area contributed by atoms with Crippen LogP contribution in [-0.4, -0.2) is 34.1 Å². The normalized spacial score (nSPS) is 27.3. The molecule has 1 aromatic rings. The van der Waals surface area contributed by atoms with E-state index in [0.29, 0.717) is 11.6 Å². The van der Waals surface area contributed by atoms with Crippen LogP contribution < -0.4 is 10.6 Å². The van der Waals surface area contributed by atoms with Crippen LogP contribution >= 0.6 is 0 Å². The van der Waals surface area contributed by atoms with Crippen molar-refractivity contribution in [2.45, 2.75) is 95.6 Å². The summed E-state index contributed by atoms with van der Waals surface area (Å²) in [7, 11) is 0. The van der Waals surface area contributed by atoms with Gasteiger partial charge in [0.05, 0.1) is 0 Å². The molecule has 4 rings (SSSR count). The van der Waals surface area contributed by atoms with E-state index >= 15 is 0 Å². The summed E-state index contributed by atoms with van der Waals surface area (Å²) in [6.07, 6.45) is 11.4. The van der Waals surface area contributed by atoms with E-state index in [9.17, 15) is 9.59 Å². The molecule has 3 aliphatic rings. The molecular formula is C21H32N4O2. The molecule has 0 atom stereocenters. The van der Waals surface area contributed by atoms with Gasteiger partial charge in [-0.15, -0.1) is 0 Å². The van der Waals surface area contributed by atoms with Gasteiger partial charge in [0.2, 0.25) is 5.91 Å². The number of carbonyl (C=O) groups excluding carboxylic acids is 2. The molecule has 6 heteroatoms. The molecule has 0 saturated heterocycles. The molecule has 3 N–H and O–H groups in total. The van der Waals surface area contributed by atoms with Crippen molar-refractivity contribution in [1.82, 2.24) is 20.8 Å². The number of aromatic amines is 1. The summed E-state index contributed by atoms with van der Waals surface area (Å²) < 4.78 is 0. The second-order valence-corrected chi connectivity index (χ2v) is 8.82. The van der Waals surface area contributed by atoms with Crippen molar-refractivity contribution in [2.75, 3.05) is 0 Å². The van der Waals surface area contributed by atoms with Crippen LogP contribution in [0.25, 0.3) is 0 Å². The van der Waals surface area contributed by atoms with Crippen LogP contribution in [0.1, 0.15) is 99.7 Å². The Hall–Kier alpha value is -1.85. The molecule has 0 unspecified atom stereocenters. The van der Waals surface area contributed by atoms with Crippen LogP contribution in [0.4, 0.5) is 0 Å². The van der Waals surface area contributed by atoms with Gasteiger partial charge in [0.25, 0.3) is 5.91 Å². The second kappa shape index (κ2) is 7.64. The molecule has 6 nitrogen and oxygen atoms in total. The average Bonchev–Trinajstić information content (AvgIpc) is 3.21. The summed E-state index contributed by atoms with van der Waals surface area (Å²) in [5.74, 6) is 0.755. The van der Waals surface area contributed by atoms with Crippen molar-refractivity contribution in [3.05, 3.63) is 17.5 Å². The third-order valence-corrected chi connectivity index (χ3v) is 6.96. The van der Waals surface area contributed by atoms with E-state index in [-0.39, 0.29) is 29.3 Å². The van der Waals surface area contributed by atoms with Gasteiger partial charge in [-0.3, -0.25) is 14.7 Å². The van der Waals surface area contributed by atoms with E-state index in [1.165, 1.54) is 25.7 Å². The number of H-pyrrole nitrogens is 1. The summed E-state index contributed by atoms with van der Waals surface area (Å²) >= 11 is 0. The van der Waals surface area contributed by atoms with Crippen LogP contribution in [0, 0.1) is 5.41 Å². The van der Waals surface area contributed by atoms with Crippen LogP contribution in [0.5, 0.6) is 0 Å². The van der Waals surface area contributed by atoms with Crippen molar-refractivity contribution in [3.63, 3.8) is 0 Å². The van der Waals surface area contributed by atoms with E-state index in [1.54, 1.807) is 0 Å². The number of nitrogens with one attached hydrogen (secondary N) is 3. The van der Waals surface area contributed by atoms with Crippen LogP contribution in [0.15, 0.2) is 6.07 Å². The van der Waals surface area contributed by atoms with E-state index in [1.807, 2.05) is 6.07 Å². The summed E-state index contributed by atoms with van der Waals surface area (Å²) in [6, 6.07) is 2.32. The molecule has 148 valence electrons. The quantitative estimate of drug-likeness (QED) is 0.715. The first-order chi connectivity index (χ1) is 13.1. The molecule has 3 saturated carbocycles. The van der Waals surface area contributed by atoms with Crippen LogP contribution in [-0.2, 0) is 4.79 Å². The van der Waals surface area contributed by atoms with Crippen molar-refractivity contribution in [2.24, 2.45) is 5.41 Å². The molecule has 27 heavy (non-hydrogen) atoms. The smallest absolute Gasteiger partial charge is 0.271 e. The zero-order valence-electron chi connectivity index (χ0n) is 16.4. The Kier molecular flexibility index (Phi) is 5.24. The Balaban J connectivity index is 1.23. The molecule has 0 bridgehead atoms. The van der Waals surface area contributed by atoms with Gasteiger partial charge in [-0.25, -0.2) is 0 Å². The first kappa shape index (κ1) is 18.5. The number of amides is 2. The maximum atomic E-state index is 12.8. The number of nitrogens with zero attached hydrogens (tertiary/aromatic N) is 1. The average molecular weight is 373 g/mol. The highest BCUT2D eigenvalue weighted by Gasteiger charge is 2.40. The largest absolute Gasteiger partial charge is 0.353 e. The Labute approximate surface area is 161 Å². The Morgan fingerprint density at radius 1 is 1.07 bits per heavy atom. The summed E-state index contributed by atoms with van der Waals surface area (Å²) in [4.78, 5) is 25.2. The number of hydrogen-bond acceptors (Lipinski definition) is 3. The predicted octanol–water partition coefficient (Wildman–Crippen LogP) is 3.41. The predicted molar refractivity (Wildman–Crippen MR) is 103 cm³/mol. The first-order valence-electron chi connectivity index (χ1n) is 10.8. The zero-order chi connectivity index (χ0) is 18.9. The van der Waals surface area contributed by atoms with E-state index in [0.717, 1.165) is 50.6 Å². The third kappa shape index (κ3) is 4.04. The van der Waals surface area contributed by atoms with Crippen molar-refractivity contribution in [3.8, 4) is 0 Å². The van der Waals surface area contributed by atoms with Crippen molar-refractivity contribution < 1.29 is 9.59 Å². The standard InChI is InChI=1S/C21H32N4O2/c1-2-21(11-3-4-12-21)20(27)23-16-9-7-15(8-10-16)22-19(26)18-13-17(24-25-18)14-5-6-14/h13-16H,2-12H2,1H3,(H,22,26)(H,23,27)(H,24,25). The fourth-order valence-electron chi connectivity index (χ4n) is 4.83. The van der Waals surface area contributed by atoms with Crippen LogP contribution in [0.3, 0.4) is 0 Å². The van der Waals surface area contributed by atoms with E-state index < -0.39 is 0 Å². The maximum Gasteiger partial charge on any atom is 0.271 e. The minimum Gasteiger partial charge on any atom is -0.353 e. The highest BCUT2D eigenvalue weighted by Crippen LogP contribution is 2.41. The SMILES string of the molecule is CCC1(C(=O)NC2CCC(NC(=O)c3cc(C4CC4)[nH]n3)CC2)CCCC1. The zero-order valence-corrected chi connectivity index (χ0v) is 16.4. The Morgan fingerprint density at radius 3 is 2.30 bits per heavy atom. The van der Waals surface area contributed by atoms with Gasteiger partial charge in [0, 0.05) is 29.1 Å². The molecule has 3 fully saturated rings. The van der Waals surface area contributed by atoms with Crippen molar-refractivity contribution in [1.29, 1.82) is 0 Å². The molecule has 1 heterocycles. The van der Waals surface area contributed by atoms with Gasteiger partial charge in [-0.1, -0.05) is 19.8 Å². The maximum absolute atomic E-state index is 12.8. The summed E-state index contributed by atoms with van der Waals surface area (Å²) in [5.41, 5.74) is 1.46.